The van der Waals surface area contributed by atoms with Crippen molar-refractivity contribution in [2.75, 3.05) is 0 Å². The Kier molecular flexibility index (Phi) is 3.10. The maximum atomic E-state index is 12.4. The predicted octanol–water partition coefficient (Wildman–Crippen LogP) is 2.29. The van der Waals surface area contributed by atoms with Crippen LogP contribution in [0, 0.1) is 5.82 Å². The van der Waals surface area contributed by atoms with Gasteiger partial charge in [0.05, 0.1) is 0 Å². The number of rotatable bonds is 2. The molecule has 0 radical (unpaired) electrons. The van der Waals surface area contributed by atoms with Gasteiger partial charge < -0.3 is 5.11 Å². The first kappa shape index (κ1) is 11.0. The van der Waals surface area contributed by atoms with Crippen molar-refractivity contribution in [3.63, 3.8) is 0 Å². The van der Waals surface area contributed by atoms with Gasteiger partial charge in [-0.2, -0.15) is 13.2 Å². The molecule has 0 bridgehead atoms. The zero-order chi connectivity index (χ0) is 10.8. The number of hydrogen-bond acceptors (Lipinski definition) is 1. The summed E-state index contributed by atoms with van der Waals surface area (Å²) in [4.78, 5) is 0. The number of benzene rings is 1. The van der Waals surface area contributed by atoms with Crippen LogP contribution >= 0.6 is 0 Å². The Morgan fingerprint density at radius 3 is 2.07 bits per heavy atom. The molecule has 0 amide bonds. The fraction of sp³-hybridized carbons (Fsp3) is 0.333. The van der Waals surface area contributed by atoms with Gasteiger partial charge in [0.1, 0.15) is 5.82 Å². The van der Waals surface area contributed by atoms with E-state index in [-0.39, 0.29) is 5.56 Å². The highest BCUT2D eigenvalue weighted by molar-refractivity contribution is 5.17. The Balaban J connectivity index is 2.65. The van der Waals surface area contributed by atoms with Crippen LogP contribution in [-0.4, -0.2) is 17.4 Å². The van der Waals surface area contributed by atoms with Crippen molar-refractivity contribution >= 4 is 0 Å². The van der Waals surface area contributed by atoms with Crippen molar-refractivity contribution in [1.29, 1.82) is 0 Å². The number of aliphatic hydroxyl groups excluding tert-OH is 1. The fourth-order valence-corrected chi connectivity index (χ4v) is 0.959. The second-order valence-corrected chi connectivity index (χ2v) is 2.89. The Morgan fingerprint density at radius 1 is 1.14 bits per heavy atom. The van der Waals surface area contributed by atoms with Crippen molar-refractivity contribution in [2.45, 2.75) is 18.7 Å². The Morgan fingerprint density at radius 2 is 1.64 bits per heavy atom. The average Bonchev–Trinajstić information content (AvgIpc) is 2.07. The lowest BCUT2D eigenvalue weighted by Gasteiger charge is -2.13. The molecule has 0 saturated heterocycles. The molecule has 1 aromatic carbocycles. The van der Waals surface area contributed by atoms with E-state index in [1.807, 2.05) is 0 Å². The molecule has 0 aliphatic carbocycles. The van der Waals surface area contributed by atoms with Crippen LogP contribution in [0.5, 0.6) is 0 Å². The molecule has 0 spiro atoms. The van der Waals surface area contributed by atoms with Crippen LogP contribution in [0.2, 0.25) is 0 Å². The molecule has 0 aliphatic rings. The zero-order valence-electron chi connectivity index (χ0n) is 7.05. The van der Waals surface area contributed by atoms with Crippen molar-refractivity contribution in [3.8, 4) is 0 Å². The molecule has 1 aromatic rings. The van der Waals surface area contributed by atoms with E-state index in [1.165, 1.54) is 12.1 Å². The monoisotopic (exact) mass is 208 g/mol. The van der Waals surface area contributed by atoms with Crippen LogP contribution in [0.15, 0.2) is 24.3 Å². The molecule has 0 aliphatic heterocycles. The van der Waals surface area contributed by atoms with E-state index in [2.05, 4.69) is 0 Å². The summed E-state index contributed by atoms with van der Waals surface area (Å²) in [5.41, 5.74) is 0.247. The minimum Gasteiger partial charge on any atom is -0.383 e. The first-order chi connectivity index (χ1) is 6.39. The summed E-state index contributed by atoms with van der Waals surface area (Å²) in [5.74, 6) is -0.518. The molecule has 1 atom stereocenters. The van der Waals surface area contributed by atoms with E-state index in [4.69, 9.17) is 5.11 Å². The van der Waals surface area contributed by atoms with E-state index < -0.39 is 24.5 Å². The first-order valence-corrected chi connectivity index (χ1v) is 3.89. The summed E-state index contributed by atoms with van der Waals surface area (Å²) in [5, 5.41) is 8.69. The van der Waals surface area contributed by atoms with E-state index in [0.29, 0.717) is 0 Å². The zero-order valence-corrected chi connectivity index (χ0v) is 7.05. The van der Waals surface area contributed by atoms with Crippen molar-refractivity contribution in [3.05, 3.63) is 35.6 Å². The van der Waals surface area contributed by atoms with Gasteiger partial charge in [-0.3, -0.25) is 0 Å². The molecule has 0 unspecified atom stereocenters. The van der Waals surface area contributed by atoms with Crippen LogP contribution in [0.25, 0.3) is 0 Å². The standard InChI is InChI=1S/C9H8F4O/c10-7-3-1-6(2-4-7)5-8(14)9(11,12)13/h1-4,8,14H,5H2/t8-/m0/s1. The third-order valence-corrected chi connectivity index (χ3v) is 1.72. The quantitative estimate of drug-likeness (QED) is 0.739. The molecule has 1 rings (SSSR count). The normalized spacial score (nSPS) is 14.1. The smallest absolute Gasteiger partial charge is 0.383 e. The summed E-state index contributed by atoms with van der Waals surface area (Å²) in [6.45, 7) is 0. The van der Waals surface area contributed by atoms with Gasteiger partial charge in [0, 0.05) is 6.42 Å². The van der Waals surface area contributed by atoms with Gasteiger partial charge in [0.25, 0.3) is 0 Å². The Labute approximate surface area is 78.0 Å². The van der Waals surface area contributed by atoms with E-state index in [1.54, 1.807) is 0 Å². The topological polar surface area (TPSA) is 20.2 Å². The molecule has 1 nitrogen and oxygen atoms in total. The van der Waals surface area contributed by atoms with Gasteiger partial charge in [0.2, 0.25) is 0 Å². The van der Waals surface area contributed by atoms with Gasteiger partial charge in [-0.15, -0.1) is 0 Å². The van der Waals surface area contributed by atoms with Crippen LogP contribution in [0.3, 0.4) is 0 Å². The van der Waals surface area contributed by atoms with Crippen LogP contribution in [-0.2, 0) is 6.42 Å². The molecule has 1 N–H and O–H groups in total. The lowest BCUT2D eigenvalue weighted by molar-refractivity contribution is -0.203. The number of hydrogen-bond donors (Lipinski definition) is 1. The van der Waals surface area contributed by atoms with Gasteiger partial charge >= 0.3 is 6.18 Å². The lowest BCUT2D eigenvalue weighted by atomic mass is 10.1. The van der Waals surface area contributed by atoms with Gasteiger partial charge in [-0.1, -0.05) is 12.1 Å². The highest BCUT2D eigenvalue weighted by Crippen LogP contribution is 2.22. The molecule has 14 heavy (non-hydrogen) atoms. The van der Waals surface area contributed by atoms with Crippen LogP contribution in [0.4, 0.5) is 17.6 Å². The van der Waals surface area contributed by atoms with Crippen molar-refractivity contribution in [2.24, 2.45) is 0 Å². The van der Waals surface area contributed by atoms with E-state index in [9.17, 15) is 17.6 Å². The fourth-order valence-electron chi connectivity index (χ4n) is 0.959. The number of aliphatic hydroxyl groups is 1. The summed E-state index contributed by atoms with van der Waals surface area (Å²) in [6.07, 6.45) is -7.58. The minimum absolute atomic E-state index is 0.247. The third-order valence-electron chi connectivity index (χ3n) is 1.72. The lowest BCUT2D eigenvalue weighted by Crippen LogP contribution is -2.30. The molecular weight excluding hydrogens is 200 g/mol. The largest absolute Gasteiger partial charge is 0.414 e. The highest BCUT2D eigenvalue weighted by atomic mass is 19.4. The third kappa shape index (κ3) is 2.99. The number of halogens is 4. The first-order valence-electron chi connectivity index (χ1n) is 3.89. The van der Waals surface area contributed by atoms with Crippen molar-refractivity contribution < 1.29 is 22.7 Å². The summed E-state index contributed by atoms with van der Waals surface area (Å²) in [6, 6.07) is 4.53. The Hall–Kier alpha value is -1.10. The molecule has 0 aromatic heterocycles. The van der Waals surface area contributed by atoms with E-state index in [0.717, 1.165) is 12.1 Å². The highest BCUT2D eigenvalue weighted by Gasteiger charge is 2.37. The van der Waals surface area contributed by atoms with Crippen LogP contribution in [0.1, 0.15) is 5.56 Å². The molecule has 0 saturated carbocycles. The van der Waals surface area contributed by atoms with Gasteiger partial charge in [-0.05, 0) is 17.7 Å². The maximum absolute atomic E-state index is 12.4. The molecule has 0 fully saturated rings. The van der Waals surface area contributed by atoms with Gasteiger partial charge in [-0.25, -0.2) is 4.39 Å². The van der Waals surface area contributed by atoms with Crippen LogP contribution < -0.4 is 0 Å². The minimum atomic E-state index is -4.63. The average molecular weight is 208 g/mol. The maximum Gasteiger partial charge on any atom is 0.414 e. The summed E-state index contributed by atoms with van der Waals surface area (Å²) >= 11 is 0. The second kappa shape index (κ2) is 3.96. The molecule has 0 heterocycles. The SMILES string of the molecule is O[C@@H](Cc1ccc(F)cc1)C(F)(F)F. The molecular formula is C9H8F4O. The second-order valence-electron chi connectivity index (χ2n) is 2.89. The van der Waals surface area contributed by atoms with E-state index >= 15 is 0 Å². The summed E-state index contributed by atoms with van der Waals surface area (Å²) < 4.78 is 48.0. The van der Waals surface area contributed by atoms with Crippen molar-refractivity contribution in [1.82, 2.24) is 0 Å². The Bertz CT molecular complexity index is 291. The summed E-state index contributed by atoms with van der Waals surface area (Å²) in [7, 11) is 0. The molecule has 5 heteroatoms. The number of alkyl halides is 3. The molecule has 78 valence electrons. The van der Waals surface area contributed by atoms with Gasteiger partial charge in [0.15, 0.2) is 6.10 Å². The predicted molar refractivity (Wildman–Crippen MR) is 42.2 cm³/mol.